The predicted molar refractivity (Wildman–Crippen MR) is 58.5 cm³/mol. The fraction of sp³-hybridized carbons (Fsp3) is 0.462. The number of benzene rings is 1. The number of ether oxygens (including phenoxy) is 1. The van der Waals surface area contributed by atoms with Gasteiger partial charge in [-0.3, -0.25) is 0 Å². The summed E-state index contributed by atoms with van der Waals surface area (Å²) in [4.78, 5) is 0. The predicted octanol–water partition coefficient (Wildman–Crippen LogP) is 2.43. The Morgan fingerprint density at radius 2 is 2.27 bits per heavy atom. The van der Waals surface area contributed by atoms with E-state index in [2.05, 4.69) is 18.2 Å². The van der Waals surface area contributed by atoms with Crippen LogP contribution >= 0.6 is 0 Å². The van der Waals surface area contributed by atoms with Crippen molar-refractivity contribution < 1.29 is 4.74 Å². The molecule has 1 unspecified atom stereocenters. The lowest BCUT2D eigenvalue weighted by atomic mass is 9.80. The van der Waals surface area contributed by atoms with Gasteiger partial charge in [-0.25, -0.2) is 0 Å². The van der Waals surface area contributed by atoms with Crippen molar-refractivity contribution in [2.45, 2.75) is 24.7 Å². The van der Waals surface area contributed by atoms with E-state index in [0.717, 1.165) is 19.3 Å². The van der Waals surface area contributed by atoms with Crippen LogP contribution in [0.15, 0.2) is 24.3 Å². The minimum Gasteiger partial charge on any atom is -0.385 e. The van der Waals surface area contributed by atoms with Crippen LogP contribution in [0, 0.1) is 11.3 Å². The van der Waals surface area contributed by atoms with Gasteiger partial charge in [0.2, 0.25) is 0 Å². The molecule has 78 valence electrons. The molecule has 0 fully saturated rings. The first-order valence-electron chi connectivity index (χ1n) is 5.31. The van der Waals surface area contributed by atoms with Crippen LogP contribution < -0.4 is 0 Å². The molecule has 0 amide bonds. The first kappa shape index (κ1) is 10.2. The molecular formula is C13H15NO. The topological polar surface area (TPSA) is 33.0 Å². The molecule has 15 heavy (non-hydrogen) atoms. The molecule has 0 aliphatic heterocycles. The third-order valence-corrected chi connectivity index (χ3v) is 3.30. The molecule has 0 heterocycles. The van der Waals surface area contributed by atoms with Gasteiger partial charge in [0.1, 0.15) is 0 Å². The van der Waals surface area contributed by atoms with Gasteiger partial charge in [-0.2, -0.15) is 5.26 Å². The molecule has 2 nitrogen and oxygen atoms in total. The Hall–Kier alpha value is -1.33. The van der Waals surface area contributed by atoms with Crippen molar-refractivity contribution in [3.8, 4) is 6.07 Å². The van der Waals surface area contributed by atoms with Crippen molar-refractivity contribution >= 4 is 0 Å². The molecule has 1 atom stereocenters. The fourth-order valence-electron chi connectivity index (χ4n) is 2.40. The van der Waals surface area contributed by atoms with Gasteiger partial charge in [0.05, 0.1) is 11.5 Å². The van der Waals surface area contributed by atoms with Gasteiger partial charge in [0, 0.05) is 13.7 Å². The van der Waals surface area contributed by atoms with E-state index in [1.807, 2.05) is 12.1 Å². The fourth-order valence-corrected chi connectivity index (χ4v) is 2.40. The third-order valence-electron chi connectivity index (χ3n) is 3.30. The highest BCUT2D eigenvalue weighted by atomic mass is 16.5. The summed E-state index contributed by atoms with van der Waals surface area (Å²) in [5.74, 6) is 0. The van der Waals surface area contributed by atoms with Crippen molar-refractivity contribution in [2.24, 2.45) is 0 Å². The standard InChI is InChI=1S/C13H15NO/c1-15-9-8-13(10-14)7-6-11-4-2-3-5-12(11)13/h2-5H,6-9H2,1H3. The van der Waals surface area contributed by atoms with E-state index in [4.69, 9.17) is 4.74 Å². The molecular weight excluding hydrogens is 186 g/mol. The van der Waals surface area contributed by atoms with Gasteiger partial charge < -0.3 is 4.74 Å². The van der Waals surface area contributed by atoms with Crippen LogP contribution in [0.3, 0.4) is 0 Å². The zero-order valence-electron chi connectivity index (χ0n) is 8.99. The van der Waals surface area contributed by atoms with E-state index < -0.39 is 0 Å². The Morgan fingerprint density at radius 1 is 1.47 bits per heavy atom. The number of hydrogen-bond donors (Lipinski definition) is 0. The highest BCUT2D eigenvalue weighted by Crippen LogP contribution is 2.40. The lowest BCUT2D eigenvalue weighted by Gasteiger charge is -2.21. The lowest BCUT2D eigenvalue weighted by molar-refractivity contribution is 0.178. The average molecular weight is 201 g/mol. The molecule has 0 N–H and O–H groups in total. The Kier molecular flexibility index (Phi) is 2.75. The quantitative estimate of drug-likeness (QED) is 0.752. The van der Waals surface area contributed by atoms with Crippen LogP contribution in [0.4, 0.5) is 0 Å². The summed E-state index contributed by atoms with van der Waals surface area (Å²) in [6.07, 6.45) is 2.76. The Bertz CT molecular complexity index is 394. The van der Waals surface area contributed by atoms with Gasteiger partial charge in [-0.1, -0.05) is 24.3 Å². The minimum absolute atomic E-state index is 0.299. The summed E-state index contributed by atoms with van der Waals surface area (Å²) >= 11 is 0. The van der Waals surface area contributed by atoms with Crippen LogP contribution in [-0.4, -0.2) is 13.7 Å². The van der Waals surface area contributed by atoms with Crippen LogP contribution in [0.25, 0.3) is 0 Å². The van der Waals surface area contributed by atoms with E-state index in [9.17, 15) is 5.26 Å². The Balaban J connectivity index is 2.34. The van der Waals surface area contributed by atoms with E-state index in [-0.39, 0.29) is 5.41 Å². The van der Waals surface area contributed by atoms with E-state index in [1.54, 1.807) is 7.11 Å². The average Bonchev–Trinajstić information content (AvgIpc) is 2.66. The molecule has 1 aromatic carbocycles. The molecule has 0 spiro atoms. The number of aryl methyl sites for hydroxylation is 1. The minimum atomic E-state index is -0.299. The SMILES string of the molecule is COCCC1(C#N)CCc2ccccc21. The number of rotatable bonds is 3. The van der Waals surface area contributed by atoms with Gasteiger partial charge in [-0.05, 0) is 30.4 Å². The van der Waals surface area contributed by atoms with Gasteiger partial charge >= 0.3 is 0 Å². The number of methoxy groups -OCH3 is 1. The van der Waals surface area contributed by atoms with Crippen LogP contribution in [0.2, 0.25) is 0 Å². The van der Waals surface area contributed by atoms with E-state index in [0.29, 0.717) is 6.61 Å². The highest BCUT2D eigenvalue weighted by Gasteiger charge is 2.38. The van der Waals surface area contributed by atoms with E-state index in [1.165, 1.54) is 11.1 Å². The monoisotopic (exact) mass is 201 g/mol. The van der Waals surface area contributed by atoms with E-state index >= 15 is 0 Å². The number of nitrogens with zero attached hydrogens (tertiary/aromatic N) is 1. The molecule has 2 heteroatoms. The molecule has 0 radical (unpaired) electrons. The van der Waals surface area contributed by atoms with Crippen molar-refractivity contribution in [1.29, 1.82) is 5.26 Å². The van der Waals surface area contributed by atoms with Gasteiger partial charge in [-0.15, -0.1) is 0 Å². The molecule has 0 saturated heterocycles. The highest BCUT2D eigenvalue weighted by molar-refractivity contribution is 5.43. The number of hydrogen-bond acceptors (Lipinski definition) is 2. The summed E-state index contributed by atoms with van der Waals surface area (Å²) < 4.78 is 5.09. The van der Waals surface area contributed by atoms with Crippen LogP contribution in [-0.2, 0) is 16.6 Å². The molecule has 1 aliphatic rings. The second-order valence-electron chi connectivity index (χ2n) is 4.09. The van der Waals surface area contributed by atoms with Gasteiger partial charge in [0.25, 0.3) is 0 Å². The first-order valence-corrected chi connectivity index (χ1v) is 5.31. The van der Waals surface area contributed by atoms with Gasteiger partial charge in [0.15, 0.2) is 0 Å². The summed E-state index contributed by atoms with van der Waals surface area (Å²) in [7, 11) is 1.69. The number of fused-ring (bicyclic) bond motifs is 1. The number of nitriles is 1. The van der Waals surface area contributed by atoms with Crippen molar-refractivity contribution in [1.82, 2.24) is 0 Å². The third kappa shape index (κ3) is 1.64. The summed E-state index contributed by atoms with van der Waals surface area (Å²) in [6, 6.07) is 10.8. The maximum Gasteiger partial charge on any atom is 0.0850 e. The molecule has 0 saturated carbocycles. The molecule has 1 aliphatic carbocycles. The van der Waals surface area contributed by atoms with Crippen molar-refractivity contribution in [2.75, 3.05) is 13.7 Å². The lowest BCUT2D eigenvalue weighted by Crippen LogP contribution is -2.22. The van der Waals surface area contributed by atoms with Crippen LogP contribution in [0.5, 0.6) is 0 Å². The van der Waals surface area contributed by atoms with Crippen molar-refractivity contribution in [3.63, 3.8) is 0 Å². The smallest absolute Gasteiger partial charge is 0.0850 e. The molecule has 2 rings (SSSR count). The van der Waals surface area contributed by atoms with Crippen molar-refractivity contribution in [3.05, 3.63) is 35.4 Å². The summed E-state index contributed by atoms with van der Waals surface area (Å²) in [5, 5.41) is 9.38. The maximum absolute atomic E-state index is 9.38. The summed E-state index contributed by atoms with van der Waals surface area (Å²) in [5.41, 5.74) is 2.24. The Labute approximate surface area is 90.5 Å². The zero-order chi connectivity index (χ0) is 10.7. The first-order chi connectivity index (χ1) is 7.32. The zero-order valence-corrected chi connectivity index (χ0v) is 8.99. The maximum atomic E-state index is 9.38. The Morgan fingerprint density at radius 3 is 3.00 bits per heavy atom. The van der Waals surface area contributed by atoms with Crippen LogP contribution in [0.1, 0.15) is 24.0 Å². The largest absolute Gasteiger partial charge is 0.385 e. The molecule has 0 bridgehead atoms. The molecule has 1 aromatic rings. The molecule has 0 aromatic heterocycles. The second-order valence-corrected chi connectivity index (χ2v) is 4.09. The normalized spacial score (nSPS) is 23.5. The summed E-state index contributed by atoms with van der Waals surface area (Å²) in [6.45, 7) is 0.655. The second kappa shape index (κ2) is 4.04.